The SMILES string of the molecule is CC[C@H](C)[C@@H]1NC(=O)[C@H](CC(C)C)N(C)C(=O)C[C@@H](C)N(C)C(=O)[C@H](CC2CCCC2)N(C)C(=O)C2(CCCC2)NC(=O)C2CCCN2C(=O)[C@H](CCc2ccc(C(F)(F)F)c(Cl)c2)NC(=O)CN(C)C(=O)[C@H](CC2CCCCC2)N(C)C(=O)CN(C)C(=O)CN(C)C1=O. The number of carbonyl (C=O) groups is 11. The van der Waals surface area contributed by atoms with Crippen LogP contribution >= 0.6 is 11.6 Å². The molecule has 0 bridgehead atoms. The largest absolute Gasteiger partial charge is 0.417 e. The summed E-state index contributed by atoms with van der Waals surface area (Å²) in [5.41, 5.74) is -2.22. The molecule has 94 heavy (non-hydrogen) atoms. The van der Waals surface area contributed by atoms with Crippen LogP contribution in [0.4, 0.5) is 13.2 Å². The normalized spacial score (nSPS) is 26.8. The van der Waals surface area contributed by atoms with E-state index in [1.165, 1.54) is 70.7 Å². The molecule has 1 aromatic rings. The van der Waals surface area contributed by atoms with E-state index in [2.05, 4.69) is 16.0 Å². The molecule has 5 aliphatic rings. The molecule has 5 fully saturated rings. The Morgan fingerprint density at radius 2 is 1.17 bits per heavy atom. The lowest BCUT2D eigenvalue weighted by Crippen LogP contribution is -2.64. The maximum Gasteiger partial charge on any atom is 0.417 e. The van der Waals surface area contributed by atoms with Gasteiger partial charge in [0.1, 0.15) is 41.8 Å². The Labute approximate surface area is 558 Å². The zero-order valence-corrected chi connectivity index (χ0v) is 58.3. The van der Waals surface area contributed by atoms with Gasteiger partial charge in [-0.1, -0.05) is 122 Å². The molecule has 3 aliphatic carbocycles. The van der Waals surface area contributed by atoms with E-state index in [1.54, 1.807) is 27.9 Å². The minimum atomic E-state index is -4.74. The van der Waals surface area contributed by atoms with Crippen molar-refractivity contribution in [1.29, 1.82) is 0 Å². The first-order valence-corrected chi connectivity index (χ1v) is 34.4. The summed E-state index contributed by atoms with van der Waals surface area (Å²) >= 11 is 6.14. The van der Waals surface area contributed by atoms with Gasteiger partial charge in [-0.3, -0.25) is 52.7 Å². The molecule has 1 spiro atoms. The summed E-state index contributed by atoms with van der Waals surface area (Å²) < 4.78 is 41.4. The van der Waals surface area contributed by atoms with Gasteiger partial charge in [-0.25, -0.2) is 0 Å². The van der Waals surface area contributed by atoms with E-state index in [4.69, 9.17) is 11.6 Å². The summed E-state index contributed by atoms with van der Waals surface area (Å²) in [5.74, 6) is -6.89. The van der Waals surface area contributed by atoms with Crippen molar-refractivity contribution >= 4 is 76.6 Å². The monoisotopic (exact) mass is 1340 g/mol. The first kappa shape index (κ1) is 76.5. The maximum atomic E-state index is 15.4. The number of nitrogens with zero attached hydrogens (tertiary/aromatic N) is 8. The quantitative estimate of drug-likeness (QED) is 0.218. The molecule has 2 aliphatic heterocycles. The van der Waals surface area contributed by atoms with Crippen molar-refractivity contribution in [2.45, 2.75) is 230 Å². The zero-order valence-electron chi connectivity index (χ0n) is 57.5. The molecule has 22 nitrogen and oxygen atoms in total. The third-order valence-corrected chi connectivity index (χ3v) is 21.0. The highest BCUT2D eigenvalue weighted by atomic mass is 35.5. The van der Waals surface area contributed by atoms with Crippen LogP contribution in [-0.2, 0) is 65.3 Å². The van der Waals surface area contributed by atoms with Crippen molar-refractivity contribution in [3.8, 4) is 0 Å². The van der Waals surface area contributed by atoms with Crippen LogP contribution in [0, 0.1) is 23.7 Å². The van der Waals surface area contributed by atoms with Gasteiger partial charge in [-0.15, -0.1) is 0 Å². The number of amides is 11. The van der Waals surface area contributed by atoms with Crippen LogP contribution in [0.5, 0.6) is 0 Å². The van der Waals surface area contributed by atoms with Gasteiger partial charge in [0, 0.05) is 68.3 Å². The van der Waals surface area contributed by atoms with Crippen molar-refractivity contribution < 1.29 is 65.9 Å². The topological polar surface area (TPSA) is 250 Å². The molecular formula is C68H105ClF3N11O11. The van der Waals surface area contributed by atoms with E-state index in [0.29, 0.717) is 37.7 Å². The zero-order chi connectivity index (χ0) is 69.7. The highest BCUT2D eigenvalue weighted by Crippen LogP contribution is 2.38. The molecule has 2 saturated heterocycles. The average Bonchev–Trinajstić information content (AvgIpc) is 1.53. The molecule has 2 heterocycles. The summed E-state index contributed by atoms with van der Waals surface area (Å²) in [6.07, 6.45) is 6.13. The summed E-state index contributed by atoms with van der Waals surface area (Å²) in [6.45, 7) is 7.62. The number of benzene rings is 1. The van der Waals surface area contributed by atoms with Gasteiger partial charge in [-0.05, 0) is 106 Å². The van der Waals surface area contributed by atoms with Crippen molar-refractivity contribution in [2.24, 2.45) is 23.7 Å². The number of likely N-dealkylation sites (N-methyl/N-ethyl adjacent to an activating group) is 7. The smallest absolute Gasteiger partial charge is 0.343 e. The Kier molecular flexibility index (Phi) is 27.6. The standard InChI is InChI=1S/C68H105ClF3N11O11/c1-13-43(4)59-65(93)78(8)40-57(86)76(6)41-58(87)81(11)53(37-45-22-15-14-16-23-45)63(91)77(7)39-55(84)73-50(30-28-47-27-29-48(49(69)36-47)68(70,71)72)62(90)83-33-21-26-51(83)61(89)75-67(31-19-20-32-67)66(94)82(12)54(38-46-24-17-18-25-46)64(92)79(9)44(5)35-56(85)80(10)52(34-42(2)3)60(88)74-59/h27,29,36,42-46,50-54,59H,13-26,28,30-35,37-41H2,1-12H3,(H,73,84)(H,74,88)(H,75,89)/t43-,44+,50-,51?,52-,53-,54-,59-/m0/s1. The van der Waals surface area contributed by atoms with E-state index in [1.807, 2.05) is 20.8 Å². The van der Waals surface area contributed by atoms with Crippen molar-refractivity contribution in [3.05, 3.63) is 34.3 Å². The Balaban J connectivity index is 1.38. The highest BCUT2D eigenvalue weighted by Gasteiger charge is 2.50. The molecule has 6 rings (SSSR count). The number of alkyl halides is 3. The van der Waals surface area contributed by atoms with Crippen molar-refractivity contribution in [1.82, 2.24) is 55.1 Å². The second kappa shape index (κ2) is 33.9. The van der Waals surface area contributed by atoms with Gasteiger partial charge in [0.05, 0.1) is 30.2 Å². The molecule has 11 amide bonds. The van der Waals surface area contributed by atoms with Crippen LogP contribution in [0.15, 0.2) is 18.2 Å². The van der Waals surface area contributed by atoms with Crippen LogP contribution in [0.2, 0.25) is 5.02 Å². The molecular weight excluding hydrogens is 1240 g/mol. The van der Waals surface area contributed by atoms with Gasteiger partial charge in [-0.2, -0.15) is 13.2 Å². The molecule has 3 N–H and O–H groups in total. The maximum absolute atomic E-state index is 15.4. The van der Waals surface area contributed by atoms with Crippen LogP contribution in [0.3, 0.4) is 0 Å². The second-order valence-corrected chi connectivity index (χ2v) is 28.6. The predicted molar refractivity (Wildman–Crippen MR) is 349 cm³/mol. The van der Waals surface area contributed by atoms with E-state index >= 15 is 14.4 Å². The summed E-state index contributed by atoms with van der Waals surface area (Å²) in [7, 11) is 10.3. The number of nitrogens with one attached hydrogen (secondary N) is 3. The molecule has 3 saturated carbocycles. The van der Waals surface area contributed by atoms with Crippen LogP contribution < -0.4 is 16.0 Å². The lowest BCUT2D eigenvalue weighted by atomic mass is 9.84. The van der Waals surface area contributed by atoms with E-state index in [0.717, 1.165) is 79.7 Å². The fraction of sp³-hybridized carbons (Fsp3) is 0.750. The van der Waals surface area contributed by atoms with Crippen molar-refractivity contribution in [3.63, 3.8) is 0 Å². The van der Waals surface area contributed by atoms with Gasteiger partial charge >= 0.3 is 6.18 Å². The molecule has 1 aromatic carbocycles. The third-order valence-electron chi connectivity index (χ3n) is 20.7. The number of rotatable bonds is 11. The molecule has 8 atom stereocenters. The first-order valence-electron chi connectivity index (χ1n) is 34.1. The second-order valence-electron chi connectivity index (χ2n) is 28.2. The number of fused-ring (bicyclic) bond motifs is 1. The number of aryl methyl sites for hydroxylation is 1. The Bertz CT molecular complexity index is 2880. The Morgan fingerprint density at radius 3 is 1.74 bits per heavy atom. The van der Waals surface area contributed by atoms with Crippen LogP contribution in [0.1, 0.15) is 181 Å². The molecule has 26 heteroatoms. The molecule has 0 aromatic heterocycles. The highest BCUT2D eigenvalue weighted by molar-refractivity contribution is 6.31. The van der Waals surface area contributed by atoms with Crippen LogP contribution in [-0.4, -0.2) is 228 Å². The number of hydrogen-bond donors (Lipinski definition) is 3. The van der Waals surface area contributed by atoms with E-state index < -0.39 is 155 Å². The summed E-state index contributed by atoms with van der Waals surface area (Å²) in [5, 5.41) is 8.20. The minimum Gasteiger partial charge on any atom is -0.343 e. The number of carbonyl (C=O) groups excluding carboxylic acids is 11. The molecule has 526 valence electrons. The lowest BCUT2D eigenvalue weighted by molar-refractivity contribution is -0.152. The average molecular weight is 1350 g/mol. The fourth-order valence-electron chi connectivity index (χ4n) is 14.3. The Hall–Kier alpha value is -6.53. The van der Waals surface area contributed by atoms with Crippen LogP contribution in [0.25, 0.3) is 0 Å². The third kappa shape index (κ3) is 19.6. The number of halogens is 4. The first-order chi connectivity index (χ1) is 44.2. The minimum absolute atomic E-state index is 0.0350. The van der Waals surface area contributed by atoms with E-state index in [9.17, 15) is 51.5 Å². The molecule has 1 unspecified atom stereocenters. The Morgan fingerprint density at radius 1 is 0.606 bits per heavy atom. The number of hydrogen-bond acceptors (Lipinski definition) is 11. The van der Waals surface area contributed by atoms with Gasteiger partial charge in [0.15, 0.2) is 0 Å². The van der Waals surface area contributed by atoms with Gasteiger partial charge in [0.2, 0.25) is 65.0 Å². The van der Waals surface area contributed by atoms with Crippen molar-refractivity contribution in [2.75, 3.05) is 75.5 Å². The van der Waals surface area contributed by atoms with Gasteiger partial charge < -0.3 is 55.1 Å². The summed E-state index contributed by atoms with van der Waals surface area (Å²) in [6, 6.07) is -4.38. The predicted octanol–water partition coefficient (Wildman–Crippen LogP) is 6.43. The van der Waals surface area contributed by atoms with Gasteiger partial charge in [0.25, 0.3) is 0 Å². The fourth-order valence-corrected chi connectivity index (χ4v) is 14.6. The van der Waals surface area contributed by atoms with E-state index in [-0.39, 0.29) is 75.7 Å². The molecule has 0 radical (unpaired) electrons. The lowest BCUT2D eigenvalue weighted by Gasteiger charge is -2.40. The summed E-state index contributed by atoms with van der Waals surface area (Å²) in [4.78, 5) is 172.